The van der Waals surface area contributed by atoms with Gasteiger partial charge in [-0.3, -0.25) is 14.4 Å². The number of likely N-dealkylation sites (tertiary alicyclic amines) is 1. The smallest absolute Gasteiger partial charge is 0.410 e. The zero-order valence-electron chi connectivity index (χ0n) is 18.2. The lowest BCUT2D eigenvalue weighted by atomic mass is 9.33. The lowest BCUT2D eigenvalue weighted by Gasteiger charge is -2.68. The predicted molar refractivity (Wildman–Crippen MR) is 108 cm³/mol. The van der Waals surface area contributed by atoms with Crippen LogP contribution in [0.4, 0.5) is 4.79 Å². The largest absolute Gasteiger partial charge is 0.444 e. The fourth-order valence-electron chi connectivity index (χ4n) is 5.25. The quantitative estimate of drug-likeness (QED) is 0.661. The first-order chi connectivity index (χ1) is 14.9. The zero-order valence-corrected chi connectivity index (χ0v) is 18.2. The molecule has 0 spiro atoms. The highest BCUT2D eigenvalue weighted by Crippen LogP contribution is 2.74. The highest BCUT2D eigenvalue weighted by molar-refractivity contribution is 6.21. The number of hydrogen-bond donors (Lipinski definition) is 0. The number of imide groups is 1. The molecule has 0 N–H and O–H groups in total. The number of carbonyl (C=O) groups is 5. The van der Waals surface area contributed by atoms with Crippen LogP contribution in [0.5, 0.6) is 0 Å². The number of rotatable bonds is 4. The van der Waals surface area contributed by atoms with Gasteiger partial charge in [-0.05, 0) is 52.2 Å². The molecule has 1 saturated heterocycles. The van der Waals surface area contributed by atoms with Gasteiger partial charge in [0.1, 0.15) is 11.4 Å². The summed E-state index contributed by atoms with van der Waals surface area (Å²) in [4.78, 5) is 69.2. The predicted octanol–water partition coefficient (Wildman–Crippen LogP) is 2.35. The van der Waals surface area contributed by atoms with Gasteiger partial charge in [-0.15, -0.1) is 0 Å². The molecule has 2 bridgehead atoms. The summed E-state index contributed by atoms with van der Waals surface area (Å²) in [7, 11) is 0. The Kier molecular flexibility index (Phi) is 4.13. The van der Waals surface area contributed by atoms with E-state index in [1.807, 2.05) is 0 Å². The van der Waals surface area contributed by atoms with Crippen LogP contribution in [-0.2, 0) is 19.2 Å². The van der Waals surface area contributed by atoms with Gasteiger partial charge >= 0.3 is 12.1 Å². The van der Waals surface area contributed by atoms with Gasteiger partial charge < -0.3 is 14.5 Å². The highest BCUT2D eigenvalue weighted by Gasteiger charge is 2.76. The zero-order chi connectivity index (χ0) is 23.1. The Labute approximate surface area is 184 Å². The average molecular weight is 440 g/mol. The Bertz CT molecular complexity index is 1030. The number of amides is 3. The molecule has 4 fully saturated rings. The van der Waals surface area contributed by atoms with E-state index in [9.17, 15) is 24.0 Å². The number of Topliss-reactive ketones (excluding diaryl/α,β-unsaturated/α-hetero) is 1. The number of ether oxygens (including phenoxy) is 1. The van der Waals surface area contributed by atoms with Crippen molar-refractivity contribution in [1.82, 2.24) is 9.96 Å². The summed E-state index contributed by atoms with van der Waals surface area (Å²) in [5, 5.41) is 0.520. The molecular weight excluding hydrogens is 416 g/mol. The van der Waals surface area contributed by atoms with Crippen LogP contribution in [0.3, 0.4) is 0 Å². The van der Waals surface area contributed by atoms with Crippen molar-refractivity contribution in [2.75, 3.05) is 13.1 Å². The molecule has 9 heteroatoms. The molecule has 9 nitrogen and oxygen atoms in total. The van der Waals surface area contributed by atoms with Crippen LogP contribution in [0.15, 0.2) is 24.3 Å². The molecule has 168 valence electrons. The molecule has 6 rings (SSSR count). The summed E-state index contributed by atoms with van der Waals surface area (Å²) in [5.74, 6) is -2.16. The average Bonchev–Trinajstić information content (AvgIpc) is 2.82. The summed E-state index contributed by atoms with van der Waals surface area (Å²) >= 11 is 0. The molecule has 3 aliphatic carbocycles. The molecule has 32 heavy (non-hydrogen) atoms. The number of benzene rings is 1. The van der Waals surface area contributed by atoms with E-state index < -0.39 is 40.3 Å². The monoisotopic (exact) mass is 440 g/mol. The van der Waals surface area contributed by atoms with E-state index in [1.165, 1.54) is 17.0 Å². The van der Waals surface area contributed by atoms with E-state index in [2.05, 4.69) is 0 Å². The number of hydrogen-bond acceptors (Lipinski definition) is 7. The minimum absolute atomic E-state index is 0.0627. The first kappa shape index (κ1) is 20.7. The molecule has 3 saturated carbocycles. The van der Waals surface area contributed by atoms with E-state index in [0.717, 1.165) is 0 Å². The van der Waals surface area contributed by atoms with Crippen molar-refractivity contribution in [2.24, 2.45) is 16.7 Å². The summed E-state index contributed by atoms with van der Waals surface area (Å²) < 4.78 is 5.31. The van der Waals surface area contributed by atoms with Crippen LogP contribution in [0.1, 0.15) is 60.7 Å². The molecule has 2 heterocycles. The molecule has 2 aliphatic heterocycles. The fraction of sp³-hybridized carbons (Fsp3) is 0.522. The van der Waals surface area contributed by atoms with Gasteiger partial charge in [-0.1, -0.05) is 17.2 Å². The van der Waals surface area contributed by atoms with E-state index in [-0.39, 0.29) is 22.8 Å². The number of fused-ring (bicyclic) bond motifs is 1. The van der Waals surface area contributed by atoms with Crippen LogP contribution in [0.25, 0.3) is 0 Å². The van der Waals surface area contributed by atoms with Crippen LogP contribution in [-0.4, -0.2) is 58.3 Å². The summed E-state index contributed by atoms with van der Waals surface area (Å²) in [6.45, 7) is 6.00. The lowest BCUT2D eigenvalue weighted by Crippen LogP contribution is -2.72. The highest BCUT2D eigenvalue weighted by atomic mass is 16.7. The molecule has 5 aliphatic rings. The number of nitrogens with zero attached hydrogens (tertiary/aromatic N) is 2. The molecule has 0 atom stereocenters. The van der Waals surface area contributed by atoms with Gasteiger partial charge in [0, 0.05) is 18.5 Å². The summed E-state index contributed by atoms with van der Waals surface area (Å²) in [5.41, 5.74) is -1.57. The molecule has 1 aromatic carbocycles. The standard InChI is InChI=1S/C23H24N2O7/c1-21(2,3)31-20(30)24-8-13(9-24)16(26)22-10-23(11-22,12-22)19(29)32-25-17(27)14-6-4-5-7-15(14)18(25)28/h4-7,13H,8-12H2,1-3H3. The second-order valence-electron chi connectivity index (χ2n) is 10.4. The van der Waals surface area contributed by atoms with Gasteiger partial charge in [0.2, 0.25) is 0 Å². The van der Waals surface area contributed by atoms with Crippen molar-refractivity contribution in [3.05, 3.63) is 35.4 Å². The fourth-order valence-corrected chi connectivity index (χ4v) is 5.25. The van der Waals surface area contributed by atoms with E-state index in [1.54, 1.807) is 32.9 Å². The number of carbonyl (C=O) groups excluding carboxylic acids is 5. The second-order valence-corrected chi connectivity index (χ2v) is 10.4. The first-order valence-corrected chi connectivity index (χ1v) is 10.7. The maximum Gasteiger partial charge on any atom is 0.410 e. The molecule has 3 amide bonds. The molecule has 0 aromatic heterocycles. The van der Waals surface area contributed by atoms with Crippen LogP contribution in [0, 0.1) is 16.7 Å². The van der Waals surface area contributed by atoms with Gasteiger partial charge in [0.25, 0.3) is 11.8 Å². The Morgan fingerprint density at radius 3 is 1.97 bits per heavy atom. The number of ketones is 1. The van der Waals surface area contributed by atoms with Crippen molar-refractivity contribution >= 4 is 29.7 Å². The first-order valence-electron chi connectivity index (χ1n) is 10.7. The van der Waals surface area contributed by atoms with E-state index in [0.29, 0.717) is 37.4 Å². The van der Waals surface area contributed by atoms with Crippen LogP contribution in [0.2, 0.25) is 0 Å². The Hall–Kier alpha value is -3.23. The molecular formula is C23H24N2O7. The molecule has 0 radical (unpaired) electrons. The topological polar surface area (TPSA) is 110 Å². The van der Waals surface area contributed by atoms with Crippen LogP contribution < -0.4 is 0 Å². The van der Waals surface area contributed by atoms with Crippen molar-refractivity contribution in [3.8, 4) is 0 Å². The minimum atomic E-state index is -0.820. The van der Waals surface area contributed by atoms with Crippen LogP contribution >= 0.6 is 0 Å². The third-order valence-electron chi connectivity index (χ3n) is 6.82. The van der Waals surface area contributed by atoms with E-state index in [4.69, 9.17) is 9.57 Å². The Morgan fingerprint density at radius 2 is 1.47 bits per heavy atom. The normalized spacial score (nSPS) is 28.3. The lowest BCUT2D eigenvalue weighted by molar-refractivity contribution is -0.240. The Morgan fingerprint density at radius 1 is 0.938 bits per heavy atom. The van der Waals surface area contributed by atoms with E-state index >= 15 is 0 Å². The maximum atomic E-state index is 12.9. The van der Waals surface area contributed by atoms with Crippen molar-refractivity contribution in [2.45, 2.75) is 45.6 Å². The van der Waals surface area contributed by atoms with Gasteiger partial charge in [-0.25, -0.2) is 9.59 Å². The van der Waals surface area contributed by atoms with Crippen molar-refractivity contribution < 1.29 is 33.5 Å². The Balaban J connectivity index is 1.14. The summed E-state index contributed by atoms with van der Waals surface area (Å²) in [6, 6.07) is 6.29. The number of hydroxylamine groups is 2. The molecule has 1 aromatic rings. The van der Waals surface area contributed by atoms with Gasteiger partial charge in [0.05, 0.1) is 22.5 Å². The minimum Gasteiger partial charge on any atom is -0.444 e. The maximum absolute atomic E-state index is 12.9. The second kappa shape index (κ2) is 6.40. The third kappa shape index (κ3) is 2.87. The SMILES string of the molecule is CC(C)(C)OC(=O)N1CC(C(=O)C23CC(C(=O)ON4C(=O)c5ccccc5C4=O)(C2)C3)C1. The summed E-state index contributed by atoms with van der Waals surface area (Å²) in [6.07, 6.45) is 0.622. The van der Waals surface area contributed by atoms with Crippen molar-refractivity contribution in [3.63, 3.8) is 0 Å². The van der Waals surface area contributed by atoms with Gasteiger partial charge in [-0.2, -0.15) is 0 Å². The molecule has 0 unspecified atom stereocenters. The third-order valence-corrected chi connectivity index (χ3v) is 6.82. The van der Waals surface area contributed by atoms with Gasteiger partial charge in [0.15, 0.2) is 0 Å². The van der Waals surface area contributed by atoms with Crippen molar-refractivity contribution in [1.29, 1.82) is 0 Å².